The summed E-state index contributed by atoms with van der Waals surface area (Å²) in [7, 11) is 10.1. The molecule has 0 heterocycles. The van der Waals surface area contributed by atoms with E-state index >= 15 is 0 Å². The van der Waals surface area contributed by atoms with E-state index in [4.69, 9.17) is 0 Å². The van der Waals surface area contributed by atoms with Crippen LogP contribution in [-0.4, -0.2) is 49.1 Å². The van der Waals surface area contributed by atoms with Gasteiger partial charge in [0.15, 0.2) is 0 Å². The van der Waals surface area contributed by atoms with Crippen molar-refractivity contribution in [1.82, 2.24) is 9.80 Å². The molecule has 18 rings (SSSR count). The van der Waals surface area contributed by atoms with Gasteiger partial charge in [-0.1, -0.05) is 65.3 Å². The van der Waals surface area contributed by atoms with Crippen LogP contribution in [0.25, 0.3) is 0 Å². The predicted molar refractivity (Wildman–Crippen MR) is 172 cm³/mol. The molecular weight excluding hydrogens is 556 g/mol. The highest BCUT2D eigenvalue weighted by atomic mass is 15.5. The zero-order valence-electron chi connectivity index (χ0n) is 26.9. The second-order valence-corrected chi connectivity index (χ2v) is 20.3. The summed E-state index contributed by atoms with van der Waals surface area (Å²) in [5, 5.41) is 0. The Morgan fingerprint density at radius 2 is 0.652 bits per heavy atom. The third-order valence-corrected chi connectivity index (χ3v) is 21.0. The molecule has 18 aliphatic rings. The van der Waals surface area contributed by atoms with Gasteiger partial charge >= 0.3 is 0 Å². The van der Waals surface area contributed by atoms with Gasteiger partial charge in [0.05, 0.1) is 11.1 Å². The Hall–Kier alpha value is -2.42. The van der Waals surface area contributed by atoms with Crippen LogP contribution in [0.5, 0.6) is 0 Å². The molecule has 22 atom stereocenters. The van der Waals surface area contributed by atoms with E-state index in [1.54, 1.807) is 0 Å². The molecule has 0 aromatic carbocycles. The molecule has 2 nitrogen and oxygen atoms in total. The molecule has 0 N–H and O–H groups in total. The third kappa shape index (κ3) is 1.21. The zero-order chi connectivity index (χ0) is 29.0. The van der Waals surface area contributed by atoms with Gasteiger partial charge in [-0.05, 0) is 174 Å². The maximum atomic E-state index is 2.89. The quantitative estimate of drug-likeness (QED) is 0.384. The second kappa shape index (κ2) is 5.15. The molecular formula is C44H38N2. The molecule has 2 heteroatoms. The highest BCUT2D eigenvalue weighted by Crippen LogP contribution is 3.14. The minimum atomic E-state index is 0.296. The van der Waals surface area contributed by atoms with Crippen molar-refractivity contribution in [1.29, 1.82) is 0 Å². The van der Waals surface area contributed by atoms with Crippen molar-refractivity contribution < 1.29 is 0 Å². The molecule has 22 unspecified atom stereocenters. The molecule has 0 aromatic rings. The Morgan fingerprint density at radius 1 is 0.370 bits per heavy atom. The number of nitrogens with zero attached hydrogens (tertiary/aromatic N) is 2. The minimum absolute atomic E-state index is 0.296. The average molecular weight is 595 g/mol. The van der Waals surface area contributed by atoms with E-state index in [2.05, 4.69) is 97.7 Å². The normalized spacial score (nSPS) is 71.0. The lowest BCUT2D eigenvalue weighted by Gasteiger charge is -2.64. The standard InChI is InChI=1S/C44H38N2/c1-45(2)43-39-19-11-9-17-15-7-5-13-14-6-8-16-18-10-12-20-28-26(18)31-24(16)22(14)29-21(13)23(15)30-25(17)27(19)37-35-33(30)32(29)34(31)36(35)38(28)42(41(37,39)43)40(20)44(42,43)46(3)4/h5-28,39-40H,1-4H3. The second-order valence-electron chi connectivity index (χ2n) is 20.3. The lowest BCUT2D eigenvalue weighted by molar-refractivity contribution is -0.0549. The zero-order valence-corrected chi connectivity index (χ0v) is 26.9. The SMILES string of the molecule is CN(C)C12C3C4C=CC5C6C=CC7C8C=CC9C%10C=CC%11C%12C%13=C%14C%15=C(C9C8C8=C%15C9=C(C6C87)C5C4C(=C9%14)C31C%131C%11C12N(C)C)C%10%12. The first-order valence-corrected chi connectivity index (χ1v) is 19.4. The van der Waals surface area contributed by atoms with E-state index in [1.807, 2.05) is 44.6 Å². The van der Waals surface area contributed by atoms with Crippen LogP contribution in [0.3, 0.4) is 0 Å². The van der Waals surface area contributed by atoms with Gasteiger partial charge in [0.1, 0.15) is 0 Å². The number of rotatable bonds is 2. The fourth-order valence-corrected chi connectivity index (χ4v) is 22.2. The molecule has 18 aliphatic carbocycles. The maximum absolute atomic E-state index is 2.89. The summed E-state index contributed by atoms with van der Waals surface area (Å²) in [6.45, 7) is 0. The van der Waals surface area contributed by atoms with Crippen LogP contribution in [0.4, 0.5) is 0 Å². The van der Waals surface area contributed by atoms with Crippen LogP contribution >= 0.6 is 0 Å². The lowest BCUT2D eigenvalue weighted by Crippen LogP contribution is -2.71. The van der Waals surface area contributed by atoms with Crippen LogP contribution in [0, 0.1) is 117 Å². The van der Waals surface area contributed by atoms with Gasteiger partial charge in [-0.2, -0.15) is 0 Å². The molecule has 0 radical (unpaired) electrons. The molecule has 2 spiro atoms. The van der Waals surface area contributed by atoms with Gasteiger partial charge in [0, 0.05) is 10.8 Å². The van der Waals surface area contributed by atoms with Gasteiger partial charge in [-0.15, -0.1) is 0 Å². The highest BCUT2D eigenvalue weighted by Gasteiger charge is 3.20. The molecule has 9 saturated carbocycles. The van der Waals surface area contributed by atoms with Crippen molar-refractivity contribution in [3.05, 3.63) is 104 Å². The third-order valence-electron chi connectivity index (χ3n) is 21.0. The molecule has 0 saturated heterocycles. The number of fused-ring (bicyclic) bond motifs is 8. The average Bonchev–Trinajstić information content (AvgIpc) is 3.45. The van der Waals surface area contributed by atoms with Crippen LogP contribution in [-0.2, 0) is 0 Å². The van der Waals surface area contributed by atoms with Crippen LogP contribution in [0.1, 0.15) is 0 Å². The van der Waals surface area contributed by atoms with Gasteiger partial charge in [-0.25, -0.2) is 0 Å². The van der Waals surface area contributed by atoms with E-state index < -0.39 is 0 Å². The van der Waals surface area contributed by atoms with Crippen molar-refractivity contribution in [2.45, 2.75) is 11.1 Å². The van der Waals surface area contributed by atoms with Gasteiger partial charge in [0.25, 0.3) is 0 Å². The molecule has 9 fully saturated rings. The molecule has 46 heavy (non-hydrogen) atoms. The Kier molecular flexibility index (Phi) is 2.41. The Bertz CT molecular complexity index is 2120. The lowest BCUT2D eigenvalue weighted by atomic mass is 9.46. The number of allylic oxidation sites excluding steroid dienone is 16. The molecule has 0 aliphatic heterocycles. The fraction of sp³-hybridized carbons (Fsp3) is 0.591. The van der Waals surface area contributed by atoms with E-state index in [-0.39, 0.29) is 0 Å². The Balaban J connectivity index is 1.12. The van der Waals surface area contributed by atoms with E-state index in [9.17, 15) is 0 Å². The van der Waals surface area contributed by atoms with Gasteiger partial charge in [-0.3, -0.25) is 0 Å². The molecule has 0 aromatic heterocycles. The number of hydrogen-bond acceptors (Lipinski definition) is 2. The topological polar surface area (TPSA) is 6.48 Å². The predicted octanol–water partition coefficient (Wildman–Crippen LogP) is 5.60. The Labute approximate surface area is 270 Å². The number of hydrogen-bond donors (Lipinski definition) is 0. The van der Waals surface area contributed by atoms with Crippen molar-refractivity contribution in [3.63, 3.8) is 0 Å². The molecule has 0 bridgehead atoms. The fourth-order valence-electron chi connectivity index (χ4n) is 22.2. The summed E-state index contributed by atoms with van der Waals surface area (Å²) in [5.41, 5.74) is 21.3. The van der Waals surface area contributed by atoms with Gasteiger partial charge in [0.2, 0.25) is 0 Å². The highest BCUT2D eigenvalue weighted by molar-refractivity contribution is 5.97. The van der Waals surface area contributed by atoms with Crippen LogP contribution < -0.4 is 0 Å². The largest absolute Gasteiger partial charge is 0.301 e. The van der Waals surface area contributed by atoms with E-state index in [0.717, 1.165) is 107 Å². The van der Waals surface area contributed by atoms with E-state index in [1.165, 1.54) is 0 Å². The van der Waals surface area contributed by atoms with Crippen molar-refractivity contribution >= 4 is 0 Å². The summed E-state index contributed by atoms with van der Waals surface area (Å²) in [6, 6.07) is 0. The maximum Gasteiger partial charge on any atom is 0.0550 e. The Morgan fingerprint density at radius 3 is 0.978 bits per heavy atom. The first kappa shape index (κ1) is 21.5. The monoisotopic (exact) mass is 594 g/mol. The van der Waals surface area contributed by atoms with Crippen LogP contribution in [0.15, 0.2) is 104 Å². The van der Waals surface area contributed by atoms with Crippen molar-refractivity contribution in [2.24, 2.45) is 117 Å². The summed E-state index contributed by atoms with van der Waals surface area (Å²) in [4.78, 5) is 5.70. The summed E-state index contributed by atoms with van der Waals surface area (Å²) < 4.78 is 0. The smallest absolute Gasteiger partial charge is 0.0550 e. The minimum Gasteiger partial charge on any atom is -0.301 e. The molecule has 224 valence electrons. The first-order chi connectivity index (χ1) is 22.6. The van der Waals surface area contributed by atoms with Crippen molar-refractivity contribution in [3.8, 4) is 0 Å². The number of likely N-dealkylation sites (N-methyl/N-ethyl adjacent to an activating group) is 2. The summed E-state index contributed by atoms with van der Waals surface area (Å²) in [6.07, 6.45) is 22.8. The van der Waals surface area contributed by atoms with Crippen molar-refractivity contribution in [2.75, 3.05) is 28.2 Å². The molecule has 0 amide bonds. The van der Waals surface area contributed by atoms with Crippen LogP contribution in [0.2, 0.25) is 0 Å². The van der Waals surface area contributed by atoms with Gasteiger partial charge < -0.3 is 9.80 Å². The van der Waals surface area contributed by atoms with E-state index in [0.29, 0.717) is 21.9 Å². The first-order valence-electron chi connectivity index (χ1n) is 19.4. The summed E-state index contributed by atoms with van der Waals surface area (Å²) >= 11 is 0. The summed E-state index contributed by atoms with van der Waals surface area (Å²) in [5.74, 6) is 13.8.